The van der Waals surface area contributed by atoms with Crippen LogP contribution in [-0.2, 0) is 107 Å². The summed E-state index contributed by atoms with van der Waals surface area (Å²) in [7, 11) is 2.81. The lowest BCUT2D eigenvalue weighted by molar-refractivity contribution is -0.147. The molecule has 16 atom stereocenters. The summed E-state index contributed by atoms with van der Waals surface area (Å²) in [5, 5.41) is 79.0. The third kappa shape index (κ3) is 27.7. The van der Waals surface area contributed by atoms with Gasteiger partial charge in [0.15, 0.2) is 0 Å². The Morgan fingerprint density at radius 3 is 1.64 bits per heavy atom. The van der Waals surface area contributed by atoms with Crippen molar-refractivity contribution in [2.45, 2.75) is 241 Å². The number of benzene rings is 3. The first-order valence-corrected chi connectivity index (χ1v) is 45.6. The number of phenols is 1. The molecule has 9 rings (SSSR count). The summed E-state index contributed by atoms with van der Waals surface area (Å²) >= 11 is 0.824. The molecule has 3 unspecified atom stereocenters. The number of hydrogen-bond acceptors (Lipinski definition) is 23. The summed E-state index contributed by atoms with van der Waals surface area (Å²) in [5.74, 6) is -18.8. The van der Waals surface area contributed by atoms with Crippen molar-refractivity contribution < 1.29 is 107 Å². The van der Waals surface area contributed by atoms with Crippen LogP contribution in [0.4, 0.5) is 0 Å². The number of rotatable bonds is 25. The molecule has 0 radical (unpaired) electrons. The van der Waals surface area contributed by atoms with E-state index in [0.29, 0.717) is 64.2 Å². The van der Waals surface area contributed by atoms with Gasteiger partial charge >= 0.3 is 5.97 Å². The molecule has 16 amide bonds. The third-order valence-corrected chi connectivity index (χ3v) is 25.1. The molecule has 4 aliphatic heterocycles. The molecule has 21 N–H and O–H groups in total. The molecule has 5 aromatic rings. The van der Waals surface area contributed by atoms with E-state index < -0.39 is 261 Å². The summed E-state index contributed by atoms with van der Waals surface area (Å²) in [4.78, 5) is 256. The van der Waals surface area contributed by atoms with E-state index in [-0.39, 0.29) is 88.2 Å². The number of para-hydroxylation sites is 2. The third-order valence-electron chi connectivity index (χ3n) is 24.0. The number of fused-ring (bicyclic) bond motifs is 5. The van der Waals surface area contributed by atoms with Crippen molar-refractivity contribution in [3.8, 4) is 5.75 Å². The first-order valence-electron chi connectivity index (χ1n) is 44.4. The Labute approximate surface area is 762 Å². The molecule has 4 saturated heterocycles. The lowest BCUT2D eigenvalue weighted by Gasteiger charge is -2.39. The Balaban J connectivity index is 1.11. The normalized spacial score (nSPS) is 26.0. The van der Waals surface area contributed by atoms with Crippen molar-refractivity contribution in [3.05, 3.63) is 102 Å². The number of hydrogen-bond donors (Lipinski definition) is 18. The molecule has 41 nitrogen and oxygen atoms in total. The summed E-state index contributed by atoms with van der Waals surface area (Å²) in [5.41, 5.74) is 19.8. The highest BCUT2D eigenvalue weighted by Gasteiger charge is 2.49. The van der Waals surface area contributed by atoms with Crippen LogP contribution < -0.4 is 65.1 Å². The number of nitrogens with two attached hydrogens (primary N) is 3. The molecule has 42 heteroatoms. The average Bonchev–Trinajstić information content (AvgIpc) is 1.51. The molecule has 131 heavy (non-hydrogen) atoms. The number of aliphatic carboxylic acids is 1. The van der Waals surface area contributed by atoms with Gasteiger partial charge in [0.25, 0.3) is 0 Å². The predicted octanol–water partition coefficient (Wildman–Crippen LogP) is -2.59. The van der Waals surface area contributed by atoms with Gasteiger partial charge in [-0.05, 0) is 85.5 Å². The van der Waals surface area contributed by atoms with E-state index in [0.717, 1.165) is 31.4 Å². The minimum atomic E-state index is -1.91. The molecular weight excluding hydrogens is 1720 g/mol. The Kier molecular flexibility index (Phi) is 37.6. The quantitative estimate of drug-likeness (QED) is 0.0285. The zero-order valence-corrected chi connectivity index (χ0v) is 75.6. The molecular formula is C89H125N19O22S. The highest BCUT2D eigenvalue weighted by molar-refractivity contribution is 8.00. The Hall–Kier alpha value is -12.3. The molecule has 0 saturated carbocycles. The van der Waals surface area contributed by atoms with Crippen molar-refractivity contribution >= 4 is 134 Å². The predicted molar refractivity (Wildman–Crippen MR) is 479 cm³/mol. The topological polar surface area (TPSA) is 615 Å². The SMILES string of the molecule is CCCCC1C(=O)N(C)[C@H](C(=O)NCC(N)=O)CSCC(=O)N[C@@H](Cc2ccc(O)cc2)C(=O)N2C[C@@H](O)C[C@H]2C(=O)N[C@H](CC(N)=O)C(=O)N2C[C@H](O)C[C@@H]2C(=O)NCC(=O)N[C@@H](CC(C)C)C(=O)N2C[C@H](O)C[C@H]2C(=O)N[C@@H](Cc2c[nH]c3ccccc23)C(=O)N[C@@H](CCN)C(=O)N[C@@H](Cc2cn(CC(=O)O)c3ccccc23)C(=O)NC(CCC)C(=O)N(C)C1CCCC. The number of carbonyl (C=O) groups excluding carboxylic acids is 16. The van der Waals surface area contributed by atoms with Gasteiger partial charge in [-0.3, -0.25) is 81.5 Å². The highest BCUT2D eigenvalue weighted by atomic mass is 32.2. The number of primary amides is 2. The number of aromatic nitrogens is 2. The number of nitrogens with one attached hydrogen (secondary N) is 10. The number of thioether (sulfide) groups is 1. The number of carboxylic acids is 1. The number of aliphatic hydroxyl groups excluding tert-OH is 3. The molecule has 2 aromatic heterocycles. The van der Waals surface area contributed by atoms with Crippen LogP contribution in [-0.4, -0.2) is 316 Å². The molecule has 4 aliphatic rings. The summed E-state index contributed by atoms with van der Waals surface area (Å²) in [6.07, 6.45) is -2.03. The van der Waals surface area contributed by atoms with Gasteiger partial charge in [0.05, 0.1) is 49.5 Å². The van der Waals surface area contributed by atoms with Crippen LogP contribution >= 0.6 is 11.8 Å². The first kappa shape index (κ1) is 102. The number of unbranched alkanes of at least 4 members (excludes halogenated alkanes) is 2. The van der Waals surface area contributed by atoms with Crippen LogP contribution in [0, 0.1) is 11.8 Å². The average molecular weight is 1850 g/mol. The van der Waals surface area contributed by atoms with E-state index in [9.17, 15) is 68.7 Å². The number of aliphatic hydroxyl groups is 3. The van der Waals surface area contributed by atoms with E-state index in [1.807, 2.05) is 13.8 Å². The van der Waals surface area contributed by atoms with E-state index in [1.54, 1.807) is 75.5 Å². The maximum Gasteiger partial charge on any atom is 0.323 e. The van der Waals surface area contributed by atoms with Gasteiger partial charge in [-0.2, -0.15) is 0 Å². The fraction of sp³-hybridized carbons (Fsp3) is 0.562. The number of aromatic amines is 1. The highest BCUT2D eigenvalue weighted by Crippen LogP contribution is 2.31. The molecule has 0 spiro atoms. The van der Waals surface area contributed by atoms with Crippen LogP contribution in [0.2, 0.25) is 0 Å². The van der Waals surface area contributed by atoms with Crippen LogP contribution in [0.3, 0.4) is 0 Å². The fourth-order valence-electron chi connectivity index (χ4n) is 17.4. The molecule has 0 bridgehead atoms. The first-order chi connectivity index (χ1) is 62.3. The van der Waals surface area contributed by atoms with Gasteiger partial charge in [0, 0.05) is 118 Å². The summed E-state index contributed by atoms with van der Waals surface area (Å²) in [6.45, 7) is 5.11. The number of phenolic OH excluding ortho intramolecular Hbond substituents is 1. The van der Waals surface area contributed by atoms with Crippen molar-refractivity contribution in [3.63, 3.8) is 0 Å². The van der Waals surface area contributed by atoms with Gasteiger partial charge in [-0.1, -0.05) is 115 Å². The van der Waals surface area contributed by atoms with Crippen molar-refractivity contribution in [2.75, 3.05) is 64.9 Å². The number of likely N-dealkylation sites (N-methyl/N-ethyl adjacent to an activating group) is 2. The second-order valence-electron chi connectivity index (χ2n) is 34.5. The number of amides is 16. The van der Waals surface area contributed by atoms with Gasteiger partial charge in [-0.25, -0.2) is 0 Å². The van der Waals surface area contributed by atoms with Gasteiger partial charge in [0.1, 0.15) is 78.8 Å². The van der Waals surface area contributed by atoms with Crippen LogP contribution in [0.1, 0.15) is 141 Å². The largest absolute Gasteiger partial charge is 0.508 e. The summed E-state index contributed by atoms with van der Waals surface area (Å²) < 4.78 is 1.44. The van der Waals surface area contributed by atoms with Crippen molar-refractivity contribution in [1.29, 1.82) is 0 Å². The van der Waals surface area contributed by atoms with Crippen LogP contribution in [0.15, 0.2) is 85.2 Å². The smallest absolute Gasteiger partial charge is 0.323 e. The summed E-state index contributed by atoms with van der Waals surface area (Å²) in [6, 6.07) is 0.870. The molecule has 4 fully saturated rings. The number of aromatic hydroxyl groups is 1. The molecule has 0 aliphatic carbocycles. The number of nitrogens with zero attached hydrogens (tertiary/aromatic N) is 6. The van der Waals surface area contributed by atoms with Crippen LogP contribution in [0.5, 0.6) is 5.75 Å². The number of H-pyrrole nitrogens is 1. The standard InChI is InChI=1S/C89H125N19O22S/c1-8-11-18-58-67(22-12-9-2)103(6)86(127)61(17-10-3)99-80(121)63(33-51-41-105(45-77(117)118)68-23-16-14-20-57(51)68)100-78(119)60(28-29-90)98-79(120)62(32-50-38-93-59-21-15-13-19-56(50)59)101-83(124)70-35-54(111)43-107(70)87(128)64(30-48(4)5)96-75(115)40-95-81(122)69-34-53(110)42-106(69)89(130)66(37-73(91)113)102-84(125)71-36-55(112)44-108(71)88(129)65(31-49-24-26-52(109)27-25-49)97-76(116)47-131-46-72(104(7)85(58)126)82(123)94-39-74(92)114/h13-16,19-21,23-27,38,41,48,53-55,58,60-67,69-72,93,109-112H,8-12,17-18,22,28-37,39-40,42-47,90H2,1-7H3,(H2,91,113)(H2,92,114)(H,94,123)(H,95,122)(H,96,115)(H,97,116)(H,98,120)(H,99,121)(H,100,119)(H,101,124)(H,102,125)(H,117,118)/t53-,54-,55+,58?,60+,61?,62+,63+,64+,65+,66-,67?,69-,70+,71+,72+/m1/s1. The minimum Gasteiger partial charge on any atom is -0.508 e. The Morgan fingerprint density at radius 2 is 1.06 bits per heavy atom. The van der Waals surface area contributed by atoms with Crippen molar-refractivity contribution in [1.82, 2.24) is 81.9 Å². The van der Waals surface area contributed by atoms with E-state index >= 15 is 38.4 Å². The second kappa shape index (κ2) is 48.0. The van der Waals surface area contributed by atoms with Gasteiger partial charge < -0.3 is 125 Å². The van der Waals surface area contributed by atoms with Gasteiger partial charge in [-0.15, -0.1) is 11.8 Å². The minimum absolute atomic E-state index is 0.0214. The lowest BCUT2D eigenvalue weighted by atomic mass is 9.87. The number of carboxylic acid groups (broad SMARTS) is 1. The zero-order chi connectivity index (χ0) is 95.8. The molecule has 6 heterocycles. The lowest BCUT2D eigenvalue weighted by Crippen LogP contribution is -2.61. The maximum atomic E-state index is 15.7. The van der Waals surface area contributed by atoms with E-state index in [2.05, 4.69) is 52.8 Å². The maximum absolute atomic E-state index is 15.7. The van der Waals surface area contributed by atoms with E-state index in [4.69, 9.17) is 17.2 Å². The molecule has 714 valence electrons. The monoisotopic (exact) mass is 1840 g/mol. The Morgan fingerprint density at radius 1 is 0.534 bits per heavy atom. The second-order valence-corrected chi connectivity index (χ2v) is 35.6. The number of carbonyl (C=O) groups is 17. The Bertz CT molecular complexity index is 4950. The van der Waals surface area contributed by atoms with Crippen LogP contribution in [0.25, 0.3) is 21.8 Å². The van der Waals surface area contributed by atoms with Gasteiger partial charge in [0.2, 0.25) is 94.5 Å². The van der Waals surface area contributed by atoms with E-state index in [1.165, 1.54) is 54.0 Å². The molecule has 3 aromatic carbocycles. The zero-order valence-electron chi connectivity index (χ0n) is 74.8. The fourth-order valence-corrected chi connectivity index (χ4v) is 18.4. The van der Waals surface area contributed by atoms with Crippen molar-refractivity contribution in [2.24, 2.45) is 29.0 Å².